The van der Waals surface area contributed by atoms with Crippen LogP contribution in [0.3, 0.4) is 0 Å². The summed E-state index contributed by atoms with van der Waals surface area (Å²) in [7, 11) is -3.61. The number of carbonyl (C=O) groups excluding carboxylic acids is 3. The van der Waals surface area contributed by atoms with Gasteiger partial charge >= 0.3 is 11.8 Å². The summed E-state index contributed by atoms with van der Waals surface area (Å²) in [6, 6.07) is 4.89. The summed E-state index contributed by atoms with van der Waals surface area (Å²) in [6.07, 6.45) is 0. The van der Waals surface area contributed by atoms with Gasteiger partial charge in [0.2, 0.25) is 10.0 Å². The molecule has 0 aliphatic rings. The lowest BCUT2D eigenvalue weighted by atomic mass is 10.2. The van der Waals surface area contributed by atoms with E-state index in [1.54, 1.807) is 20.8 Å². The zero-order valence-corrected chi connectivity index (χ0v) is 14.4. The summed E-state index contributed by atoms with van der Waals surface area (Å²) in [5.41, 5.74) is 4.16. The maximum atomic E-state index is 11.9. The highest BCUT2D eigenvalue weighted by molar-refractivity contribution is 7.89. The first-order valence-electron chi connectivity index (χ1n) is 7.18. The minimum Gasteiger partial charge on any atom is -0.346 e. The van der Waals surface area contributed by atoms with Gasteiger partial charge in [-0.3, -0.25) is 25.2 Å². The highest BCUT2D eigenvalue weighted by atomic mass is 32.2. The first kappa shape index (κ1) is 19.6. The minimum atomic E-state index is -3.61. The van der Waals surface area contributed by atoms with Crippen LogP contribution in [0.15, 0.2) is 29.2 Å². The summed E-state index contributed by atoms with van der Waals surface area (Å²) in [5, 5.41) is 2.37. The molecular formula is C14H20N4O5S. The molecule has 3 amide bonds. The van der Waals surface area contributed by atoms with Crippen LogP contribution in [-0.2, 0) is 19.6 Å². The molecule has 24 heavy (non-hydrogen) atoms. The van der Waals surface area contributed by atoms with E-state index in [4.69, 9.17) is 0 Å². The second kappa shape index (κ2) is 8.41. The molecule has 4 N–H and O–H groups in total. The molecule has 0 saturated heterocycles. The van der Waals surface area contributed by atoms with Gasteiger partial charge in [0, 0.05) is 18.2 Å². The van der Waals surface area contributed by atoms with Gasteiger partial charge in [-0.25, -0.2) is 13.1 Å². The maximum absolute atomic E-state index is 11.9. The third-order valence-electron chi connectivity index (χ3n) is 2.68. The molecular weight excluding hydrogens is 336 g/mol. The van der Waals surface area contributed by atoms with E-state index in [2.05, 4.69) is 15.5 Å². The van der Waals surface area contributed by atoms with Crippen LogP contribution in [0.4, 0.5) is 0 Å². The van der Waals surface area contributed by atoms with Crippen molar-refractivity contribution in [3.63, 3.8) is 0 Å². The minimum absolute atomic E-state index is 0.0150. The lowest BCUT2D eigenvalue weighted by Crippen LogP contribution is -2.49. The summed E-state index contributed by atoms with van der Waals surface area (Å²) in [6.45, 7) is 5.27. The highest BCUT2D eigenvalue weighted by Gasteiger charge is 2.16. The van der Waals surface area contributed by atoms with Gasteiger partial charge in [-0.05, 0) is 38.1 Å². The first-order chi connectivity index (χ1) is 11.2. The predicted octanol–water partition coefficient (Wildman–Crippen LogP) is -0.730. The molecule has 1 rings (SSSR count). The van der Waals surface area contributed by atoms with Gasteiger partial charge in [0.1, 0.15) is 0 Å². The summed E-state index contributed by atoms with van der Waals surface area (Å²) in [4.78, 5) is 34.7. The molecule has 0 spiro atoms. The second-order valence-corrected chi connectivity index (χ2v) is 6.83. The average Bonchev–Trinajstić information content (AvgIpc) is 2.51. The van der Waals surface area contributed by atoms with Crippen molar-refractivity contribution >= 4 is 27.7 Å². The van der Waals surface area contributed by atoms with Crippen LogP contribution in [-0.4, -0.2) is 38.7 Å². The Morgan fingerprint density at radius 1 is 1.00 bits per heavy atom. The molecule has 132 valence electrons. The van der Waals surface area contributed by atoms with Crippen molar-refractivity contribution in [1.29, 1.82) is 0 Å². The standard InChI is InChI=1S/C14H20N4O5S/c1-4-15-24(22,23)11-7-5-10(6-8-11)12(19)17-18-14(21)13(20)16-9(2)3/h5-9,15H,4H2,1-3H3,(H,16,20)(H,17,19)(H,18,21). The fraction of sp³-hybridized carbons (Fsp3) is 0.357. The Morgan fingerprint density at radius 2 is 1.58 bits per heavy atom. The first-order valence-corrected chi connectivity index (χ1v) is 8.66. The smallest absolute Gasteiger partial charge is 0.327 e. The largest absolute Gasteiger partial charge is 0.346 e. The van der Waals surface area contributed by atoms with E-state index >= 15 is 0 Å². The molecule has 0 aliphatic heterocycles. The van der Waals surface area contributed by atoms with Gasteiger partial charge in [-0.2, -0.15) is 0 Å². The Bertz CT molecular complexity index is 713. The van der Waals surface area contributed by atoms with E-state index in [1.165, 1.54) is 24.3 Å². The van der Waals surface area contributed by atoms with Gasteiger partial charge in [-0.15, -0.1) is 0 Å². The quantitative estimate of drug-likeness (QED) is 0.408. The van der Waals surface area contributed by atoms with Crippen molar-refractivity contribution in [2.24, 2.45) is 0 Å². The Balaban J connectivity index is 2.66. The monoisotopic (exact) mass is 356 g/mol. The van der Waals surface area contributed by atoms with Gasteiger partial charge in [0.15, 0.2) is 0 Å². The molecule has 0 bridgehead atoms. The summed E-state index contributed by atoms with van der Waals surface area (Å²) in [5.74, 6) is -2.58. The Kier molecular flexibility index (Phi) is 6.86. The van der Waals surface area contributed by atoms with Gasteiger partial charge < -0.3 is 5.32 Å². The van der Waals surface area contributed by atoms with Crippen LogP contribution in [0.5, 0.6) is 0 Å². The van der Waals surface area contributed by atoms with Crippen LogP contribution in [0.2, 0.25) is 0 Å². The molecule has 0 saturated carbocycles. The Hall–Kier alpha value is -2.46. The molecule has 0 radical (unpaired) electrons. The number of sulfonamides is 1. The van der Waals surface area contributed by atoms with E-state index in [-0.39, 0.29) is 23.0 Å². The molecule has 9 nitrogen and oxygen atoms in total. The molecule has 0 aromatic heterocycles. The van der Waals surface area contributed by atoms with Crippen LogP contribution in [0.25, 0.3) is 0 Å². The van der Waals surface area contributed by atoms with Gasteiger partial charge in [-0.1, -0.05) is 6.92 Å². The molecule has 0 fully saturated rings. The van der Waals surface area contributed by atoms with E-state index in [0.29, 0.717) is 0 Å². The fourth-order valence-corrected chi connectivity index (χ4v) is 2.67. The summed E-state index contributed by atoms with van der Waals surface area (Å²) < 4.78 is 25.9. The lowest BCUT2D eigenvalue weighted by Gasteiger charge is -2.10. The van der Waals surface area contributed by atoms with Crippen molar-refractivity contribution < 1.29 is 22.8 Å². The van der Waals surface area contributed by atoms with Crippen molar-refractivity contribution in [1.82, 2.24) is 20.9 Å². The Labute approximate surface area is 140 Å². The van der Waals surface area contributed by atoms with Crippen molar-refractivity contribution in [3.05, 3.63) is 29.8 Å². The molecule has 1 aromatic rings. The van der Waals surface area contributed by atoms with Crippen LogP contribution < -0.4 is 20.9 Å². The number of carbonyl (C=O) groups is 3. The van der Waals surface area contributed by atoms with Crippen LogP contribution >= 0.6 is 0 Å². The number of benzene rings is 1. The third kappa shape index (κ3) is 5.63. The predicted molar refractivity (Wildman–Crippen MR) is 86.2 cm³/mol. The SMILES string of the molecule is CCNS(=O)(=O)c1ccc(C(=O)NNC(=O)C(=O)NC(C)C)cc1. The molecule has 1 aromatic carbocycles. The molecule has 0 unspecified atom stereocenters. The van der Waals surface area contributed by atoms with Crippen LogP contribution in [0, 0.1) is 0 Å². The van der Waals surface area contributed by atoms with Gasteiger partial charge in [0.05, 0.1) is 4.90 Å². The summed E-state index contributed by atoms with van der Waals surface area (Å²) >= 11 is 0. The molecule has 10 heteroatoms. The number of amides is 3. The zero-order valence-electron chi connectivity index (χ0n) is 13.5. The van der Waals surface area contributed by atoms with E-state index < -0.39 is 27.7 Å². The highest BCUT2D eigenvalue weighted by Crippen LogP contribution is 2.10. The van der Waals surface area contributed by atoms with E-state index in [0.717, 1.165) is 0 Å². The van der Waals surface area contributed by atoms with Crippen LogP contribution in [0.1, 0.15) is 31.1 Å². The van der Waals surface area contributed by atoms with Crippen molar-refractivity contribution in [2.45, 2.75) is 31.7 Å². The fourth-order valence-electron chi connectivity index (χ4n) is 1.63. The third-order valence-corrected chi connectivity index (χ3v) is 4.24. The lowest BCUT2D eigenvalue weighted by molar-refractivity contribution is -0.139. The normalized spacial score (nSPS) is 11.0. The second-order valence-electron chi connectivity index (χ2n) is 5.06. The van der Waals surface area contributed by atoms with E-state index in [9.17, 15) is 22.8 Å². The zero-order chi connectivity index (χ0) is 18.3. The molecule has 0 heterocycles. The van der Waals surface area contributed by atoms with Crippen molar-refractivity contribution in [2.75, 3.05) is 6.54 Å². The topological polar surface area (TPSA) is 133 Å². The number of hydrogen-bond acceptors (Lipinski definition) is 5. The van der Waals surface area contributed by atoms with E-state index in [1.807, 2.05) is 5.43 Å². The Morgan fingerprint density at radius 3 is 2.08 bits per heavy atom. The number of hydrazine groups is 1. The molecule has 0 atom stereocenters. The molecule has 0 aliphatic carbocycles. The average molecular weight is 356 g/mol. The number of rotatable bonds is 5. The van der Waals surface area contributed by atoms with Gasteiger partial charge in [0.25, 0.3) is 5.91 Å². The number of nitrogens with one attached hydrogen (secondary N) is 4. The van der Waals surface area contributed by atoms with Crippen molar-refractivity contribution in [3.8, 4) is 0 Å². The number of hydrogen-bond donors (Lipinski definition) is 4. The maximum Gasteiger partial charge on any atom is 0.327 e.